The standard InChI is InChI=1S/C15H13Cl2N3OS/c1-9-10(2)19-20(15(21)12(9)8-18)5-6-22-14-7-11(16)3-4-13(14)17/h3-4,7H,5-6H2,1-2H3. The van der Waals surface area contributed by atoms with E-state index in [1.807, 2.05) is 6.07 Å². The lowest BCUT2D eigenvalue weighted by Crippen LogP contribution is -2.28. The number of halogens is 2. The number of nitriles is 1. The number of aryl methyl sites for hydroxylation is 2. The summed E-state index contributed by atoms with van der Waals surface area (Å²) in [5, 5.41) is 14.6. The molecule has 1 aromatic heterocycles. The van der Waals surface area contributed by atoms with Gasteiger partial charge in [-0.25, -0.2) is 4.68 Å². The third-order valence-electron chi connectivity index (χ3n) is 3.20. The topological polar surface area (TPSA) is 58.7 Å². The molecule has 7 heteroatoms. The molecule has 4 nitrogen and oxygen atoms in total. The highest BCUT2D eigenvalue weighted by Gasteiger charge is 2.11. The number of thioether (sulfide) groups is 1. The van der Waals surface area contributed by atoms with Crippen molar-refractivity contribution in [2.24, 2.45) is 0 Å². The number of nitrogens with zero attached hydrogens (tertiary/aromatic N) is 3. The van der Waals surface area contributed by atoms with E-state index >= 15 is 0 Å². The van der Waals surface area contributed by atoms with Gasteiger partial charge in [0.25, 0.3) is 5.56 Å². The normalized spacial score (nSPS) is 10.5. The van der Waals surface area contributed by atoms with Crippen LogP contribution >= 0.6 is 35.0 Å². The monoisotopic (exact) mass is 353 g/mol. The fourth-order valence-corrected chi connectivity index (χ4v) is 3.30. The lowest BCUT2D eigenvalue weighted by Gasteiger charge is -2.09. The predicted octanol–water partition coefficient (Wildman–Crippen LogP) is 3.83. The molecular formula is C15H13Cl2N3OS. The third-order valence-corrected chi connectivity index (χ3v) is 4.91. The molecule has 0 aliphatic carbocycles. The van der Waals surface area contributed by atoms with Gasteiger partial charge in [0.05, 0.1) is 17.3 Å². The molecular weight excluding hydrogens is 341 g/mol. The summed E-state index contributed by atoms with van der Waals surface area (Å²) >= 11 is 13.5. The van der Waals surface area contributed by atoms with Crippen LogP contribution in [0.15, 0.2) is 27.9 Å². The zero-order valence-electron chi connectivity index (χ0n) is 12.1. The first-order valence-electron chi connectivity index (χ1n) is 6.50. The Morgan fingerprint density at radius 1 is 1.36 bits per heavy atom. The van der Waals surface area contributed by atoms with Crippen LogP contribution in [0.1, 0.15) is 16.8 Å². The van der Waals surface area contributed by atoms with Crippen molar-refractivity contribution in [3.8, 4) is 6.07 Å². The first-order chi connectivity index (χ1) is 10.4. The quantitative estimate of drug-likeness (QED) is 0.783. The minimum Gasteiger partial charge on any atom is -0.266 e. The molecule has 0 radical (unpaired) electrons. The van der Waals surface area contributed by atoms with Crippen molar-refractivity contribution in [2.75, 3.05) is 5.75 Å². The molecule has 0 amide bonds. The Balaban J connectivity index is 2.16. The number of hydrogen-bond acceptors (Lipinski definition) is 4. The van der Waals surface area contributed by atoms with Crippen LogP contribution in [0.25, 0.3) is 0 Å². The average molecular weight is 354 g/mol. The fourth-order valence-electron chi connectivity index (χ4n) is 1.88. The molecule has 0 aliphatic heterocycles. The van der Waals surface area contributed by atoms with Crippen LogP contribution in [0.5, 0.6) is 0 Å². The molecule has 1 aromatic carbocycles. The second kappa shape index (κ2) is 7.19. The molecule has 1 heterocycles. The van der Waals surface area contributed by atoms with Gasteiger partial charge in [-0.05, 0) is 37.6 Å². The first-order valence-corrected chi connectivity index (χ1v) is 8.24. The molecule has 0 saturated carbocycles. The summed E-state index contributed by atoms with van der Waals surface area (Å²) in [4.78, 5) is 13.0. The number of rotatable bonds is 4. The van der Waals surface area contributed by atoms with Gasteiger partial charge in [0.2, 0.25) is 0 Å². The summed E-state index contributed by atoms with van der Waals surface area (Å²) < 4.78 is 1.33. The summed E-state index contributed by atoms with van der Waals surface area (Å²) in [6, 6.07) is 7.20. The Kier molecular flexibility index (Phi) is 5.52. The van der Waals surface area contributed by atoms with E-state index in [0.29, 0.717) is 33.6 Å². The molecule has 0 fully saturated rings. The van der Waals surface area contributed by atoms with E-state index in [1.54, 1.807) is 32.0 Å². The van der Waals surface area contributed by atoms with E-state index in [1.165, 1.54) is 16.4 Å². The summed E-state index contributed by atoms with van der Waals surface area (Å²) in [6.45, 7) is 3.91. The molecule has 22 heavy (non-hydrogen) atoms. The van der Waals surface area contributed by atoms with E-state index in [4.69, 9.17) is 28.5 Å². The largest absolute Gasteiger partial charge is 0.284 e. The molecule has 0 spiro atoms. The molecule has 114 valence electrons. The maximum absolute atomic E-state index is 12.2. The van der Waals surface area contributed by atoms with Gasteiger partial charge in [0.15, 0.2) is 0 Å². The van der Waals surface area contributed by atoms with Crippen molar-refractivity contribution < 1.29 is 0 Å². The van der Waals surface area contributed by atoms with Gasteiger partial charge in [-0.1, -0.05) is 23.2 Å². The highest BCUT2D eigenvalue weighted by molar-refractivity contribution is 7.99. The van der Waals surface area contributed by atoms with E-state index in [-0.39, 0.29) is 11.1 Å². The van der Waals surface area contributed by atoms with Crippen molar-refractivity contribution in [3.05, 3.63) is 55.4 Å². The third kappa shape index (κ3) is 3.64. The Morgan fingerprint density at radius 3 is 2.77 bits per heavy atom. The SMILES string of the molecule is Cc1nn(CCSc2cc(Cl)ccc2Cl)c(=O)c(C#N)c1C. The Hall–Kier alpha value is -1.48. The highest BCUT2D eigenvalue weighted by atomic mass is 35.5. The Bertz CT molecular complexity index is 812. The summed E-state index contributed by atoms with van der Waals surface area (Å²) in [7, 11) is 0. The van der Waals surface area contributed by atoms with Crippen molar-refractivity contribution in [3.63, 3.8) is 0 Å². The summed E-state index contributed by atoms with van der Waals surface area (Å²) in [5.74, 6) is 0.598. The predicted molar refractivity (Wildman–Crippen MR) is 89.9 cm³/mol. The van der Waals surface area contributed by atoms with Gasteiger partial charge in [-0.2, -0.15) is 10.4 Å². The highest BCUT2D eigenvalue weighted by Crippen LogP contribution is 2.29. The smallest absolute Gasteiger partial charge is 0.266 e. The van der Waals surface area contributed by atoms with E-state index in [0.717, 1.165) is 4.90 Å². The maximum atomic E-state index is 12.2. The first kappa shape index (κ1) is 16.9. The minimum absolute atomic E-state index is 0.151. The second-order valence-corrected chi connectivity index (χ2v) is 6.63. The Morgan fingerprint density at radius 2 is 2.09 bits per heavy atom. The molecule has 0 aliphatic rings. The van der Waals surface area contributed by atoms with Gasteiger partial charge in [0, 0.05) is 15.7 Å². The molecule has 0 saturated heterocycles. The number of aromatic nitrogens is 2. The summed E-state index contributed by atoms with van der Waals surface area (Å²) in [6.07, 6.45) is 0. The number of hydrogen-bond donors (Lipinski definition) is 0. The van der Waals surface area contributed by atoms with Crippen molar-refractivity contribution in [1.82, 2.24) is 9.78 Å². The zero-order chi connectivity index (χ0) is 16.3. The van der Waals surface area contributed by atoms with Crippen LogP contribution in [0.3, 0.4) is 0 Å². The van der Waals surface area contributed by atoms with Crippen LogP contribution in [0.4, 0.5) is 0 Å². The van der Waals surface area contributed by atoms with Crippen LogP contribution in [-0.4, -0.2) is 15.5 Å². The van der Waals surface area contributed by atoms with E-state index in [9.17, 15) is 4.79 Å². The van der Waals surface area contributed by atoms with Gasteiger partial charge in [-0.15, -0.1) is 11.8 Å². The van der Waals surface area contributed by atoms with Crippen LogP contribution in [0, 0.1) is 25.2 Å². The van der Waals surface area contributed by atoms with E-state index in [2.05, 4.69) is 5.10 Å². The molecule has 2 aromatic rings. The van der Waals surface area contributed by atoms with E-state index < -0.39 is 0 Å². The van der Waals surface area contributed by atoms with Gasteiger partial charge < -0.3 is 0 Å². The molecule has 2 rings (SSSR count). The molecule has 0 atom stereocenters. The lowest BCUT2D eigenvalue weighted by molar-refractivity contribution is 0.606. The fraction of sp³-hybridized carbons (Fsp3) is 0.267. The summed E-state index contributed by atoms with van der Waals surface area (Å²) in [5.41, 5.74) is 1.11. The van der Waals surface area contributed by atoms with Crippen LogP contribution in [-0.2, 0) is 6.54 Å². The van der Waals surface area contributed by atoms with Crippen molar-refractivity contribution in [2.45, 2.75) is 25.3 Å². The van der Waals surface area contributed by atoms with Crippen LogP contribution in [0.2, 0.25) is 10.0 Å². The Labute approximate surface area is 142 Å². The molecule has 0 N–H and O–H groups in total. The van der Waals surface area contributed by atoms with Crippen molar-refractivity contribution in [1.29, 1.82) is 5.26 Å². The molecule has 0 bridgehead atoms. The van der Waals surface area contributed by atoms with Gasteiger partial charge in [-0.3, -0.25) is 4.79 Å². The average Bonchev–Trinajstić information content (AvgIpc) is 2.48. The second-order valence-electron chi connectivity index (χ2n) is 4.65. The van der Waals surface area contributed by atoms with Crippen molar-refractivity contribution >= 4 is 35.0 Å². The van der Waals surface area contributed by atoms with Gasteiger partial charge in [0.1, 0.15) is 11.6 Å². The lowest BCUT2D eigenvalue weighted by atomic mass is 10.1. The zero-order valence-corrected chi connectivity index (χ0v) is 14.4. The van der Waals surface area contributed by atoms with Crippen LogP contribution < -0.4 is 5.56 Å². The minimum atomic E-state index is -0.358. The molecule has 0 unspecified atom stereocenters. The van der Waals surface area contributed by atoms with Gasteiger partial charge >= 0.3 is 0 Å². The maximum Gasteiger partial charge on any atom is 0.284 e. The number of benzene rings is 1.